The minimum atomic E-state index is -0.427. The average molecular weight is 422 g/mol. The fraction of sp³-hybridized carbons (Fsp3) is 0.409. The van der Waals surface area contributed by atoms with Crippen molar-refractivity contribution in [2.75, 3.05) is 0 Å². The van der Waals surface area contributed by atoms with E-state index in [1.807, 2.05) is 56.0 Å². The molecule has 3 aromatic rings. The number of carbonyl (C=O) groups excluding carboxylic acids is 2. The monoisotopic (exact) mass is 422 g/mol. The van der Waals surface area contributed by atoms with E-state index < -0.39 is 6.04 Å². The number of aromatic nitrogens is 4. The van der Waals surface area contributed by atoms with Crippen molar-refractivity contribution >= 4 is 11.8 Å². The summed E-state index contributed by atoms with van der Waals surface area (Å²) in [5.41, 5.74) is 4.39. The SMILES string of the molecule is Cc1noc(C)c1CCC(=O)NCc1nnn2c1CN(Cc1ccccc1)C(=O)C2C. The van der Waals surface area contributed by atoms with Gasteiger partial charge in [-0.3, -0.25) is 9.59 Å². The number of hydrogen-bond donors (Lipinski definition) is 1. The molecule has 4 rings (SSSR count). The van der Waals surface area contributed by atoms with Crippen molar-refractivity contribution in [3.63, 3.8) is 0 Å². The molecule has 1 aromatic carbocycles. The smallest absolute Gasteiger partial charge is 0.247 e. The van der Waals surface area contributed by atoms with E-state index in [2.05, 4.69) is 20.8 Å². The Hall–Kier alpha value is -3.49. The number of aryl methyl sites for hydroxylation is 2. The Kier molecular flexibility index (Phi) is 5.83. The number of nitrogens with zero attached hydrogens (tertiary/aromatic N) is 5. The standard InChI is InChI=1S/C22H26N6O3/c1-14-18(16(3)31-25-14)9-10-21(29)23-11-19-20-13-27(12-17-7-5-4-6-8-17)22(30)15(2)28(20)26-24-19/h4-8,15H,9-13H2,1-3H3,(H,23,29). The Morgan fingerprint density at radius 1 is 1.26 bits per heavy atom. The maximum atomic E-state index is 12.8. The quantitative estimate of drug-likeness (QED) is 0.626. The molecule has 31 heavy (non-hydrogen) atoms. The van der Waals surface area contributed by atoms with Gasteiger partial charge in [0.25, 0.3) is 0 Å². The van der Waals surface area contributed by atoms with Crippen molar-refractivity contribution in [3.8, 4) is 0 Å². The Balaban J connectivity index is 1.39. The first-order valence-corrected chi connectivity index (χ1v) is 10.4. The molecule has 3 heterocycles. The van der Waals surface area contributed by atoms with Crippen molar-refractivity contribution in [1.82, 2.24) is 30.4 Å². The number of fused-ring (bicyclic) bond motifs is 1. The highest BCUT2D eigenvalue weighted by Crippen LogP contribution is 2.24. The molecule has 1 atom stereocenters. The normalized spacial score (nSPS) is 15.8. The van der Waals surface area contributed by atoms with Crippen LogP contribution in [0.5, 0.6) is 0 Å². The Morgan fingerprint density at radius 3 is 2.74 bits per heavy atom. The number of rotatable bonds is 7. The summed E-state index contributed by atoms with van der Waals surface area (Å²) in [6, 6.07) is 9.45. The van der Waals surface area contributed by atoms with Gasteiger partial charge in [-0.15, -0.1) is 5.10 Å². The number of amides is 2. The zero-order valence-corrected chi connectivity index (χ0v) is 18.0. The topological polar surface area (TPSA) is 106 Å². The second-order valence-corrected chi connectivity index (χ2v) is 7.86. The predicted octanol–water partition coefficient (Wildman–Crippen LogP) is 2.24. The van der Waals surface area contributed by atoms with Gasteiger partial charge in [0.05, 0.1) is 24.5 Å². The summed E-state index contributed by atoms with van der Waals surface area (Å²) in [6.45, 7) is 6.75. The van der Waals surface area contributed by atoms with Crippen LogP contribution in [-0.4, -0.2) is 36.9 Å². The van der Waals surface area contributed by atoms with Gasteiger partial charge in [-0.05, 0) is 32.8 Å². The lowest BCUT2D eigenvalue weighted by Gasteiger charge is -2.31. The minimum Gasteiger partial charge on any atom is -0.361 e. The maximum Gasteiger partial charge on any atom is 0.247 e. The zero-order valence-electron chi connectivity index (χ0n) is 18.0. The molecular weight excluding hydrogens is 396 g/mol. The Bertz CT molecular complexity index is 1070. The van der Waals surface area contributed by atoms with Crippen molar-refractivity contribution < 1.29 is 14.1 Å². The van der Waals surface area contributed by atoms with Crippen LogP contribution < -0.4 is 5.32 Å². The van der Waals surface area contributed by atoms with Crippen LogP contribution in [0.4, 0.5) is 0 Å². The maximum absolute atomic E-state index is 12.8. The van der Waals surface area contributed by atoms with Gasteiger partial charge >= 0.3 is 0 Å². The molecule has 0 saturated heterocycles. The molecule has 2 aromatic heterocycles. The number of carbonyl (C=O) groups is 2. The van der Waals surface area contributed by atoms with Crippen LogP contribution >= 0.6 is 0 Å². The summed E-state index contributed by atoms with van der Waals surface area (Å²) in [4.78, 5) is 26.9. The van der Waals surface area contributed by atoms with Crippen LogP contribution in [0.15, 0.2) is 34.9 Å². The highest BCUT2D eigenvalue weighted by molar-refractivity contribution is 5.81. The molecule has 0 spiro atoms. The predicted molar refractivity (Wildman–Crippen MR) is 112 cm³/mol. The van der Waals surface area contributed by atoms with Crippen molar-refractivity contribution in [2.24, 2.45) is 0 Å². The first-order valence-electron chi connectivity index (χ1n) is 10.4. The molecule has 0 fully saturated rings. The van der Waals surface area contributed by atoms with Gasteiger partial charge in [0.1, 0.15) is 17.5 Å². The lowest BCUT2D eigenvalue weighted by molar-refractivity contribution is -0.138. The van der Waals surface area contributed by atoms with Crippen LogP contribution in [0.1, 0.15) is 53.4 Å². The van der Waals surface area contributed by atoms with Crippen molar-refractivity contribution in [1.29, 1.82) is 0 Å². The largest absolute Gasteiger partial charge is 0.361 e. The van der Waals surface area contributed by atoms with Crippen LogP contribution in [0, 0.1) is 13.8 Å². The molecule has 2 amide bonds. The molecule has 0 saturated carbocycles. The number of benzene rings is 1. The number of hydrogen-bond acceptors (Lipinski definition) is 6. The fourth-order valence-corrected chi connectivity index (χ4v) is 3.89. The molecule has 0 aliphatic carbocycles. The van der Waals surface area contributed by atoms with Gasteiger partial charge < -0.3 is 14.7 Å². The molecule has 1 aliphatic rings. The van der Waals surface area contributed by atoms with Gasteiger partial charge in [0.15, 0.2) is 0 Å². The highest BCUT2D eigenvalue weighted by Gasteiger charge is 2.33. The molecule has 1 unspecified atom stereocenters. The highest BCUT2D eigenvalue weighted by atomic mass is 16.5. The van der Waals surface area contributed by atoms with Gasteiger partial charge in [0, 0.05) is 18.5 Å². The first kappa shape index (κ1) is 20.8. The van der Waals surface area contributed by atoms with Crippen LogP contribution in [0.25, 0.3) is 0 Å². The van der Waals surface area contributed by atoms with E-state index in [1.54, 1.807) is 4.68 Å². The van der Waals surface area contributed by atoms with Crippen LogP contribution in [0.3, 0.4) is 0 Å². The van der Waals surface area contributed by atoms with E-state index in [9.17, 15) is 9.59 Å². The second-order valence-electron chi connectivity index (χ2n) is 7.86. The van der Waals surface area contributed by atoms with E-state index in [4.69, 9.17) is 4.52 Å². The third-order valence-electron chi connectivity index (χ3n) is 5.70. The van der Waals surface area contributed by atoms with Crippen molar-refractivity contribution in [2.45, 2.75) is 59.3 Å². The molecule has 1 N–H and O–H groups in total. The van der Waals surface area contributed by atoms with Gasteiger partial charge in [-0.25, -0.2) is 4.68 Å². The Morgan fingerprint density at radius 2 is 2.03 bits per heavy atom. The van der Waals surface area contributed by atoms with Gasteiger partial charge in [-0.2, -0.15) is 0 Å². The summed E-state index contributed by atoms with van der Waals surface area (Å²) in [5, 5.41) is 15.2. The summed E-state index contributed by atoms with van der Waals surface area (Å²) in [7, 11) is 0. The van der Waals surface area contributed by atoms with E-state index in [-0.39, 0.29) is 18.4 Å². The molecule has 162 valence electrons. The van der Waals surface area contributed by atoms with Crippen LogP contribution in [-0.2, 0) is 35.6 Å². The zero-order chi connectivity index (χ0) is 22.0. The third kappa shape index (κ3) is 4.35. The average Bonchev–Trinajstić information content (AvgIpc) is 3.32. The van der Waals surface area contributed by atoms with Gasteiger partial charge in [-0.1, -0.05) is 40.7 Å². The number of nitrogens with one attached hydrogen (secondary N) is 1. The van der Waals surface area contributed by atoms with E-state index in [1.165, 1.54) is 0 Å². The van der Waals surface area contributed by atoms with E-state index >= 15 is 0 Å². The van der Waals surface area contributed by atoms with Crippen LogP contribution in [0.2, 0.25) is 0 Å². The molecule has 1 aliphatic heterocycles. The third-order valence-corrected chi connectivity index (χ3v) is 5.70. The molecule has 9 heteroatoms. The lowest BCUT2D eigenvalue weighted by atomic mass is 10.1. The van der Waals surface area contributed by atoms with Gasteiger partial charge in [0.2, 0.25) is 11.8 Å². The van der Waals surface area contributed by atoms with E-state index in [0.717, 1.165) is 28.3 Å². The summed E-state index contributed by atoms with van der Waals surface area (Å²) >= 11 is 0. The molecule has 0 radical (unpaired) electrons. The van der Waals surface area contributed by atoms with E-state index in [0.29, 0.717) is 31.6 Å². The first-order chi connectivity index (χ1) is 14.9. The summed E-state index contributed by atoms with van der Waals surface area (Å²) < 4.78 is 6.81. The summed E-state index contributed by atoms with van der Waals surface area (Å²) in [6.07, 6.45) is 0.907. The minimum absolute atomic E-state index is 0.0105. The molecule has 9 nitrogen and oxygen atoms in total. The van der Waals surface area contributed by atoms with Crippen molar-refractivity contribution in [3.05, 3.63) is 64.3 Å². The molecule has 0 bridgehead atoms. The lowest BCUT2D eigenvalue weighted by Crippen LogP contribution is -2.41. The molecular formula is C22H26N6O3. The summed E-state index contributed by atoms with van der Waals surface area (Å²) in [5.74, 6) is 0.675. The second kappa shape index (κ2) is 8.71. The fourth-order valence-electron chi connectivity index (χ4n) is 3.89. The Labute approximate surface area is 180 Å².